The van der Waals surface area contributed by atoms with E-state index < -0.39 is 5.97 Å². The van der Waals surface area contributed by atoms with Crippen molar-refractivity contribution in [2.24, 2.45) is 5.92 Å². The van der Waals surface area contributed by atoms with E-state index >= 15 is 0 Å². The molecule has 29 heavy (non-hydrogen) atoms. The lowest BCUT2D eigenvalue weighted by Crippen LogP contribution is -2.16. The molecule has 1 aliphatic rings. The Morgan fingerprint density at radius 1 is 1.17 bits per heavy atom. The van der Waals surface area contributed by atoms with Gasteiger partial charge in [-0.15, -0.1) is 11.3 Å². The summed E-state index contributed by atoms with van der Waals surface area (Å²) in [7, 11) is 0. The molecule has 6 heteroatoms. The fraction of sp³-hybridized carbons (Fsp3) is 0.478. The van der Waals surface area contributed by atoms with Gasteiger partial charge in [0.25, 0.3) is 0 Å². The second kappa shape index (κ2) is 10.0. The van der Waals surface area contributed by atoms with Crippen LogP contribution in [0.3, 0.4) is 0 Å². The highest BCUT2D eigenvalue weighted by atomic mass is 32.1. The maximum Gasteiger partial charge on any atom is 0.341 e. The summed E-state index contributed by atoms with van der Waals surface area (Å²) in [4.78, 5) is 26.1. The number of nitrogens with one attached hydrogen (secondary N) is 1. The minimum Gasteiger partial charge on any atom is -0.462 e. The Hall–Kier alpha value is -2.21. The summed E-state index contributed by atoms with van der Waals surface area (Å²) in [6, 6.07) is 6.01. The second-order valence-corrected chi connectivity index (χ2v) is 8.78. The highest BCUT2D eigenvalue weighted by Gasteiger charge is 2.25. The molecule has 0 spiro atoms. The minimum atomic E-state index is -0.473. The van der Waals surface area contributed by atoms with Crippen LogP contribution >= 0.6 is 11.3 Å². The van der Waals surface area contributed by atoms with Crippen molar-refractivity contribution in [3.8, 4) is 11.1 Å². The summed E-state index contributed by atoms with van der Waals surface area (Å²) in [5, 5.41) is 3.44. The summed E-state index contributed by atoms with van der Waals surface area (Å²) in [5.41, 5.74) is 1.77. The number of ether oxygens (including phenoxy) is 1. The molecule has 4 nitrogen and oxygen atoms in total. The normalized spacial score (nSPS) is 14.6. The van der Waals surface area contributed by atoms with Crippen molar-refractivity contribution in [2.45, 2.75) is 58.8 Å². The second-order valence-electron chi connectivity index (χ2n) is 7.56. The van der Waals surface area contributed by atoms with Crippen LogP contribution in [-0.2, 0) is 9.53 Å². The van der Waals surface area contributed by atoms with Gasteiger partial charge in [-0.05, 0) is 43.9 Å². The summed E-state index contributed by atoms with van der Waals surface area (Å²) in [5.74, 6) is -0.263. The van der Waals surface area contributed by atoms with Crippen LogP contribution in [-0.4, -0.2) is 18.5 Å². The monoisotopic (exact) mass is 417 g/mol. The molecule has 2 aromatic rings. The number of carbonyl (C=O) groups is 2. The molecule has 3 rings (SSSR count). The number of halogens is 1. The van der Waals surface area contributed by atoms with Gasteiger partial charge in [-0.25, -0.2) is 9.18 Å². The van der Waals surface area contributed by atoms with E-state index in [2.05, 4.69) is 5.32 Å². The third-order valence-electron chi connectivity index (χ3n) is 5.45. The highest BCUT2D eigenvalue weighted by molar-refractivity contribution is 7.17. The number of thiophene rings is 1. The minimum absolute atomic E-state index is 0.0759. The topological polar surface area (TPSA) is 55.4 Å². The summed E-state index contributed by atoms with van der Waals surface area (Å²) in [6.45, 7) is 3.88. The molecule has 1 fully saturated rings. The molecule has 1 N–H and O–H groups in total. The third-order valence-corrected chi connectivity index (χ3v) is 6.47. The van der Waals surface area contributed by atoms with Gasteiger partial charge in [0.1, 0.15) is 16.4 Å². The molecule has 0 unspecified atom stereocenters. The number of rotatable bonds is 7. The molecule has 1 amide bonds. The van der Waals surface area contributed by atoms with E-state index in [1.165, 1.54) is 55.6 Å². The first-order chi connectivity index (χ1) is 14.0. The Morgan fingerprint density at radius 3 is 2.52 bits per heavy atom. The summed E-state index contributed by atoms with van der Waals surface area (Å²) in [6.07, 6.45) is 7.55. The third kappa shape index (κ3) is 5.44. The van der Waals surface area contributed by atoms with Crippen LogP contribution in [0, 0.1) is 18.7 Å². The number of carbonyl (C=O) groups excluding carboxylic acids is 2. The number of esters is 1. The molecule has 1 saturated carbocycles. The zero-order valence-electron chi connectivity index (χ0n) is 17.1. The zero-order valence-corrected chi connectivity index (χ0v) is 17.9. The van der Waals surface area contributed by atoms with Crippen molar-refractivity contribution in [2.75, 3.05) is 11.9 Å². The van der Waals surface area contributed by atoms with Crippen molar-refractivity contribution < 1.29 is 18.7 Å². The molecule has 156 valence electrons. The largest absolute Gasteiger partial charge is 0.462 e. The van der Waals surface area contributed by atoms with E-state index in [4.69, 9.17) is 4.74 Å². The molecular weight excluding hydrogens is 389 g/mol. The predicted octanol–water partition coefficient (Wildman–Crippen LogP) is 6.34. The van der Waals surface area contributed by atoms with Gasteiger partial charge in [0.15, 0.2) is 0 Å². The van der Waals surface area contributed by atoms with Crippen molar-refractivity contribution in [1.82, 2.24) is 0 Å². The molecule has 0 radical (unpaired) electrons. The van der Waals surface area contributed by atoms with Gasteiger partial charge in [-0.1, -0.05) is 44.2 Å². The van der Waals surface area contributed by atoms with Gasteiger partial charge in [-0.3, -0.25) is 4.79 Å². The molecule has 1 aromatic carbocycles. The highest BCUT2D eigenvalue weighted by Crippen LogP contribution is 2.40. The van der Waals surface area contributed by atoms with E-state index in [0.29, 0.717) is 28.5 Å². The Morgan fingerprint density at radius 2 is 1.86 bits per heavy atom. The van der Waals surface area contributed by atoms with Gasteiger partial charge >= 0.3 is 5.97 Å². The maximum absolute atomic E-state index is 13.4. The number of hydrogen-bond donors (Lipinski definition) is 1. The lowest BCUT2D eigenvalue weighted by atomic mass is 9.86. The van der Waals surface area contributed by atoms with E-state index in [0.717, 1.165) is 16.9 Å². The smallest absolute Gasteiger partial charge is 0.341 e. The van der Waals surface area contributed by atoms with Crippen LogP contribution in [0.4, 0.5) is 9.39 Å². The molecule has 1 aromatic heterocycles. The van der Waals surface area contributed by atoms with Gasteiger partial charge in [0.05, 0.1) is 6.61 Å². The van der Waals surface area contributed by atoms with Gasteiger partial charge in [-0.2, -0.15) is 0 Å². The number of amides is 1. The molecule has 0 atom stereocenters. The first kappa shape index (κ1) is 21.5. The van der Waals surface area contributed by atoms with Gasteiger partial charge < -0.3 is 10.1 Å². The van der Waals surface area contributed by atoms with Crippen LogP contribution in [0.2, 0.25) is 0 Å². The summed E-state index contributed by atoms with van der Waals surface area (Å²) >= 11 is 1.36. The summed E-state index contributed by atoms with van der Waals surface area (Å²) < 4.78 is 18.6. The fourth-order valence-electron chi connectivity index (χ4n) is 4.00. The van der Waals surface area contributed by atoms with Crippen molar-refractivity contribution >= 4 is 28.2 Å². The van der Waals surface area contributed by atoms with Crippen molar-refractivity contribution in [3.05, 3.63) is 40.5 Å². The Labute approximate surface area is 175 Å². The molecule has 0 saturated heterocycles. The number of anilines is 1. The van der Waals surface area contributed by atoms with Crippen LogP contribution < -0.4 is 5.32 Å². The fourth-order valence-corrected chi connectivity index (χ4v) is 5.08. The Kier molecular flexibility index (Phi) is 7.42. The Bertz CT molecular complexity index is 854. The average molecular weight is 418 g/mol. The maximum atomic E-state index is 13.4. The van der Waals surface area contributed by atoms with Gasteiger partial charge in [0.2, 0.25) is 5.91 Å². The molecule has 1 heterocycles. The van der Waals surface area contributed by atoms with E-state index in [9.17, 15) is 14.0 Å². The predicted molar refractivity (Wildman–Crippen MR) is 115 cm³/mol. The molecule has 1 aliphatic carbocycles. The van der Waals surface area contributed by atoms with Crippen LogP contribution in [0.1, 0.15) is 67.1 Å². The lowest BCUT2D eigenvalue weighted by molar-refractivity contribution is -0.116. The average Bonchev–Trinajstić information content (AvgIpc) is 3.03. The first-order valence-electron chi connectivity index (χ1n) is 10.4. The number of benzene rings is 1. The van der Waals surface area contributed by atoms with Crippen LogP contribution in [0.5, 0.6) is 0 Å². The van der Waals surface area contributed by atoms with Crippen LogP contribution in [0.25, 0.3) is 11.1 Å². The first-order valence-corrected chi connectivity index (χ1v) is 11.2. The standard InChI is InChI=1S/C23H28FNO3S/c1-3-28-23(27)21-20(17-10-12-18(24)13-11-17)15(2)29-22(21)25-19(26)14-9-16-7-5-4-6-8-16/h10-13,16H,3-9,14H2,1-2H3,(H,25,26). The molecular formula is C23H28FNO3S. The molecule has 0 aliphatic heterocycles. The van der Waals surface area contributed by atoms with Crippen LogP contribution in [0.15, 0.2) is 24.3 Å². The van der Waals surface area contributed by atoms with Gasteiger partial charge in [0, 0.05) is 16.9 Å². The van der Waals surface area contributed by atoms with E-state index in [1.807, 2.05) is 6.92 Å². The number of aryl methyl sites for hydroxylation is 1. The zero-order chi connectivity index (χ0) is 20.8. The Balaban J connectivity index is 1.81. The van der Waals surface area contributed by atoms with E-state index in [-0.39, 0.29) is 18.3 Å². The van der Waals surface area contributed by atoms with E-state index in [1.54, 1.807) is 19.1 Å². The lowest BCUT2D eigenvalue weighted by Gasteiger charge is -2.20. The quantitative estimate of drug-likeness (QED) is 0.535. The van der Waals surface area contributed by atoms with Crippen molar-refractivity contribution in [1.29, 1.82) is 0 Å². The van der Waals surface area contributed by atoms with Crippen molar-refractivity contribution in [3.63, 3.8) is 0 Å². The molecule has 0 bridgehead atoms. The SMILES string of the molecule is CCOC(=O)c1c(NC(=O)CCC2CCCCC2)sc(C)c1-c1ccc(F)cc1. The number of hydrogen-bond acceptors (Lipinski definition) is 4.